The molecule has 1 atom stereocenters. The van der Waals surface area contributed by atoms with Gasteiger partial charge >= 0.3 is 0 Å². The molecule has 3 aromatic rings. The maximum absolute atomic E-state index is 13.4. The molecule has 1 unspecified atom stereocenters. The number of nitrogens with one attached hydrogen (secondary N) is 1. The van der Waals surface area contributed by atoms with Crippen LogP contribution in [0.15, 0.2) is 65.8 Å². The molecule has 1 heterocycles. The average Bonchev–Trinajstić information content (AvgIpc) is 3.19. The Morgan fingerprint density at radius 3 is 2.30 bits per heavy atom. The second kappa shape index (κ2) is 8.70. The van der Waals surface area contributed by atoms with Crippen molar-refractivity contribution in [3.8, 4) is 0 Å². The number of aryl methyl sites for hydroxylation is 1. The number of hydrogen-bond donors (Lipinski definition) is 1. The van der Waals surface area contributed by atoms with Gasteiger partial charge in [0.2, 0.25) is 10.0 Å². The highest BCUT2D eigenvalue weighted by Gasteiger charge is 2.26. The van der Waals surface area contributed by atoms with E-state index in [0.29, 0.717) is 17.3 Å². The molecule has 1 saturated carbocycles. The number of rotatable bonds is 6. The van der Waals surface area contributed by atoms with Crippen molar-refractivity contribution in [2.75, 3.05) is 0 Å². The van der Waals surface area contributed by atoms with Gasteiger partial charge in [-0.3, -0.25) is 0 Å². The lowest BCUT2D eigenvalue weighted by Gasteiger charge is -2.22. The molecule has 158 valence electrons. The third kappa shape index (κ3) is 4.47. The minimum absolute atomic E-state index is 0.211. The summed E-state index contributed by atoms with van der Waals surface area (Å²) in [5.74, 6) is 0.672. The van der Waals surface area contributed by atoms with E-state index >= 15 is 0 Å². The summed E-state index contributed by atoms with van der Waals surface area (Å²) < 4.78 is 44.2. The molecule has 30 heavy (non-hydrogen) atoms. The van der Waals surface area contributed by atoms with Gasteiger partial charge < -0.3 is 4.57 Å². The van der Waals surface area contributed by atoms with E-state index in [0.717, 1.165) is 12.8 Å². The normalized spacial score (nSPS) is 16.5. The molecular formula is C23H26FN3O2S. The van der Waals surface area contributed by atoms with E-state index in [4.69, 9.17) is 0 Å². The Labute approximate surface area is 177 Å². The van der Waals surface area contributed by atoms with Gasteiger partial charge in [-0.15, -0.1) is 0 Å². The smallest absolute Gasteiger partial charge is 0.241 e. The number of nitrogens with zero attached hydrogens (tertiary/aromatic N) is 2. The minimum atomic E-state index is -3.81. The molecule has 2 aromatic carbocycles. The molecule has 0 radical (unpaired) electrons. The zero-order valence-corrected chi connectivity index (χ0v) is 17.8. The molecule has 0 saturated heterocycles. The van der Waals surface area contributed by atoms with Crippen molar-refractivity contribution in [3.63, 3.8) is 0 Å². The highest BCUT2D eigenvalue weighted by atomic mass is 32.2. The molecule has 5 nitrogen and oxygen atoms in total. The summed E-state index contributed by atoms with van der Waals surface area (Å²) in [4.78, 5) is 4.52. The fraction of sp³-hybridized carbons (Fsp3) is 0.348. The van der Waals surface area contributed by atoms with Crippen LogP contribution in [0.3, 0.4) is 0 Å². The molecule has 4 rings (SSSR count). The monoisotopic (exact) mass is 427 g/mol. The molecule has 7 heteroatoms. The number of imidazole rings is 1. The van der Waals surface area contributed by atoms with Gasteiger partial charge in [-0.05, 0) is 54.2 Å². The predicted molar refractivity (Wildman–Crippen MR) is 114 cm³/mol. The summed E-state index contributed by atoms with van der Waals surface area (Å²) in [7, 11) is -2.01. The van der Waals surface area contributed by atoms with Crippen LogP contribution < -0.4 is 4.72 Å². The van der Waals surface area contributed by atoms with Gasteiger partial charge in [0.15, 0.2) is 0 Å². The van der Waals surface area contributed by atoms with Gasteiger partial charge in [-0.25, -0.2) is 17.8 Å². The van der Waals surface area contributed by atoms with Gasteiger partial charge in [-0.1, -0.05) is 43.5 Å². The van der Waals surface area contributed by atoms with Crippen molar-refractivity contribution >= 4 is 10.0 Å². The number of aromatic nitrogens is 2. The fourth-order valence-corrected chi connectivity index (χ4v) is 5.34. The fourth-order valence-electron chi connectivity index (χ4n) is 4.16. The van der Waals surface area contributed by atoms with Crippen LogP contribution in [-0.2, 0) is 17.1 Å². The van der Waals surface area contributed by atoms with Crippen LogP contribution in [0.5, 0.6) is 0 Å². The first-order valence-corrected chi connectivity index (χ1v) is 11.8. The molecular weight excluding hydrogens is 401 g/mol. The van der Waals surface area contributed by atoms with Gasteiger partial charge in [0.1, 0.15) is 17.7 Å². The van der Waals surface area contributed by atoms with E-state index in [1.54, 1.807) is 48.3 Å². The lowest BCUT2D eigenvalue weighted by molar-refractivity contribution is 0.443. The van der Waals surface area contributed by atoms with Crippen molar-refractivity contribution in [3.05, 3.63) is 83.7 Å². The molecule has 1 aliphatic rings. The molecule has 1 aliphatic carbocycles. The number of sulfonamides is 1. The van der Waals surface area contributed by atoms with Gasteiger partial charge in [0.05, 0.1) is 4.90 Å². The van der Waals surface area contributed by atoms with Gasteiger partial charge in [0, 0.05) is 19.4 Å². The van der Waals surface area contributed by atoms with E-state index in [1.807, 2.05) is 12.1 Å². The Morgan fingerprint density at radius 1 is 1.03 bits per heavy atom. The Hall–Kier alpha value is -2.51. The first kappa shape index (κ1) is 20.8. The second-order valence-electron chi connectivity index (χ2n) is 7.91. The molecule has 0 spiro atoms. The van der Waals surface area contributed by atoms with Crippen molar-refractivity contribution in [2.45, 2.75) is 49.0 Å². The van der Waals surface area contributed by atoms with Crippen LogP contribution in [-0.4, -0.2) is 18.0 Å². The highest BCUT2D eigenvalue weighted by molar-refractivity contribution is 7.89. The number of hydrogen-bond acceptors (Lipinski definition) is 3. The van der Waals surface area contributed by atoms with E-state index in [-0.39, 0.29) is 10.7 Å². The third-order valence-corrected chi connectivity index (χ3v) is 7.30. The Morgan fingerprint density at radius 2 is 1.70 bits per heavy atom. The lowest BCUT2D eigenvalue weighted by atomic mass is 9.84. The van der Waals surface area contributed by atoms with Crippen molar-refractivity contribution in [1.82, 2.24) is 14.3 Å². The molecule has 0 aliphatic heterocycles. The molecule has 0 amide bonds. The van der Waals surface area contributed by atoms with Gasteiger partial charge in [0.25, 0.3) is 0 Å². The molecule has 1 N–H and O–H groups in total. The van der Waals surface area contributed by atoms with Crippen molar-refractivity contribution in [1.29, 1.82) is 0 Å². The molecule has 0 bridgehead atoms. The first-order valence-electron chi connectivity index (χ1n) is 10.3. The zero-order valence-electron chi connectivity index (χ0n) is 17.0. The van der Waals surface area contributed by atoms with Crippen LogP contribution in [0.2, 0.25) is 0 Å². The first-order chi connectivity index (χ1) is 14.4. The van der Waals surface area contributed by atoms with E-state index < -0.39 is 16.1 Å². The SMILES string of the molecule is Cn1ccnc1C(NS(=O)(=O)c1ccc(C2CCCCC2)cc1)c1ccc(F)cc1. The quantitative estimate of drug-likeness (QED) is 0.622. The van der Waals surface area contributed by atoms with Crippen LogP contribution in [0.1, 0.15) is 61.0 Å². The largest absolute Gasteiger partial charge is 0.336 e. The maximum atomic E-state index is 13.4. The van der Waals surface area contributed by atoms with Crippen LogP contribution >= 0.6 is 0 Å². The Bertz CT molecular complexity index is 1090. The summed E-state index contributed by atoms with van der Waals surface area (Å²) in [6, 6.07) is 12.3. The van der Waals surface area contributed by atoms with Crippen LogP contribution in [0.4, 0.5) is 4.39 Å². The minimum Gasteiger partial charge on any atom is -0.336 e. The standard InChI is InChI=1S/C23H26FN3O2S/c1-27-16-15-25-23(27)22(19-7-11-20(24)12-8-19)26-30(28,29)21-13-9-18(10-14-21)17-5-3-2-4-6-17/h7-17,22,26H,2-6H2,1H3. The van der Waals surface area contributed by atoms with Crippen molar-refractivity contribution < 1.29 is 12.8 Å². The zero-order chi connectivity index (χ0) is 21.1. The summed E-state index contributed by atoms with van der Waals surface area (Å²) in [5, 5.41) is 0. The summed E-state index contributed by atoms with van der Waals surface area (Å²) in [6.45, 7) is 0. The van der Waals surface area contributed by atoms with E-state index in [2.05, 4.69) is 9.71 Å². The maximum Gasteiger partial charge on any atom is 0.241 e. The van der Waals surface area contributed by atoms with Gasteiger partial charge in [-0.2, -0.15) is 4.72 Å². The summed E-state index contributed by atoms with van der Waals surface area (Å²) in [6.07, 6.45) is 9.43. The van der Waals surface area contributed by atoms with Crippen LogP contribution in [0, 0.1) is 5.82 Å². The number of benzene rings is 2. The third-order valence-electron chi connectivity index (χ3n) is 5.86. The molecule has 1 fully saturated rings. The summed E-state index contributed by atoms with van der Waals surface area (Å²) >= 11 is 0. The number of halogens is 1. The lowest BCUT2D eigenvalue weighted by Crippen LogP contribution is -2.31. The molecule has 1 aromatic heterocycles. The average molecular weight is 428 g/mol. The Kier molecular flexibility index (Phi) is 6.01. The van der Waals surface area contributed by atoms with E-state index in [1.165, 1.54) is 37.0 Å². The van der Waals surface area contributed by atoms with Crippen LogP contribution in [0.25, 0.3) is 0 Å². The predicted octanol–water partition coefficient (Wildman–Crippen LogP) is 4.67. The highest BCUT2D eigenvalue weighted by Crippen LogP contribution is 2.33. The Balaban J connectivity index is 1.61. The van der Waals surface area contributed by atoms with Crippen molar-refractivity contribution in [2.24, 2.45) is 7.05 Å². The second-order valence-corrected chi connectivity index (χ2v) is 9.62. The summed E-state index contributed by atoms with van der Waals surface area (Å²) in [5.41, 5.74) is 1.82. The topological polar surface area (TPSA) is 64.0 Å². The van der Waals surface area contributed by atoms with E-state index in [9.17, 15) is 12.8 Å².